The van der Waals surface area contributed by atoms with Gasteiger partial charge in [0.1, 0.15) is 24.2 Å². The highest BCUT2D eigenvalue weighted by Gasteiger charge is 2.43. The van der Waals surface area contributed by atoms with Crippen LogP contribution in [-0.4, -0.2) is 58.8 Å². The number of oxazole rings is 1. The van der Waals surface area contributed by atoms with Crippen LogP contribution in [0, 0.1) is 23.2 Å². The van der Waals surface area contributed by atoms with Crippen molar-refractivity contribution in [3.8, 4) is 6.07 Å². The van der Waals surface area contributed by atoms with Gasteiger partial charge in [-0.1, -0.05) is 38.2 Å². The first kappa shape index (κ1) is 30.4. The highest BCUT2D eigenvalue weighted by atomic mass is 16.6. The minimum absolute atomic E-state index is 0.0834. The van der Waals surface area contributed by atoms with E-state index in [1.54, 1.807) is 12.3 Å². The Bertz CT molecular complexity index is 1260. The fourth-order valence-corrected chi connectivity index (χ4v) is 6.81. The predicted molar refractivity (Wildman–Crippen MR) is 155 cm³/mol. The Kier molecular flexibility index (Phi) is 9.79. The summed E-state index contributed by atoms with van der Waals surface area (Å²) >= 11 is 0. The van der Waals surface area contributed by atoms with Crippen LogP contribution in [0.2, 0.25) is 0 Å². The molecule has 0 amide bonds. The van der Waals surface area contributed by atoms with Gasteiger partial charge in [-0.25, -0.2) is 9.78 Å². The summed E-state index contributed by atoms with van der Waals surface area (Å²) in [7, 11) is 0. The van der Waals surface area contributed by atoms with Gasteiger partial charge in [0, 0.05) is 36.8 Å². The van der Waals surface area contributed by atoms with Crippen LogP contribution in [0.3, 0.4) is 0 Å². The third-order valence-electron chi connectivity index (χ3n) is 8.89. The van der Waals surface area contributed by atoms with Crippen molar-refractivity contribution in [3.63, 3.8) is 0 Å². The number of carbonyl (C=O) groups excluding carboxylic acids is 1. The number of nitrogens with zero attached hydrogens (tertiary/aromatic N) is 2. The molecule has 0 unspecified atom stereocenters. The Balaban J connectivity index is 1.42. The van der Waals surface area contributed by atoms with Crippen molar-refractivity contribution >= 4 is 12.0 Å². The van der Waals surface area contributed by atoms with E-state index < -0.39 is 18.2 Å². The molecule has 3 fully saturated rings. The van der Waals surface area contributed by atoms with Gasteiger partial charge in [0.2, 0.25) is 5.89 Å². The summed E-state index contributed by atoms with van der Waals surface area (Å²) < 4.78 is 31.0. The van der Waals surface area contributed by atoms with Gasteiger partial charge in [-0.3, -0.25) is 0 Å². The summed E-state index contributed by atoms with van der Waals surface area (Å²) in [4.78, 5) is 17.6. The molecule has 5 rings (SSSR count). The molecule has 4 aliphatic heterocycles. The zero-order valence-corrected chi connectivity index (χ0v) is 24.7. The minimum Gasteiger partial charge on any atom is -0.458 e. The predicted octanol–water partition coefficient (Wildman–Crippen LogP) is 5.53. The van der Waals surface area contributed by atoms with Crippen molar-refractivity contribution in [1.82, 2.24) is 4.98 Å². The second-order valence-electron chi connectivity index (χ2n) is 12.3. The Labute approximate surface area is 247 Å². The highest BCUT2D eigenvalue weighted by molar-refractivity contribution is 5.82. The van der Waals surface area contributed by atoms with E-state index in [1.165, 1.54) is 12.2 Å². The number of allylic oxidation sites excluding steroid dienone is 1. The normalized spacial score (nSPS) is 39.0. The lowest BCUT2D eigenvalue weighted by atomic mass is 9.79. The highest BCUT2D eigenvalue weighted by Crippen LogP contribution is 2.38. The summed E-state index contributed by atoms with van der Waals surface area (Å²) in [5.74, 6) is -0.204. The summed E-state index contributed by atoms with van der Waals surface area (Å²) in [6, 6.07) is 2.09. The molecule has 5 heterocycles. The molecule has 0 spiro atoms. The molecule has 1 N–H and O–H groups in total. The first-order valence-corrected chi connectivity index (χ1v) is 15.1. The summed E-state index contributed by atoms with van der Waals surface area (Å²) in [5, 5.41) is 19.9. The summed E-state index contributed by atoms with van der Waals surface area (Å²) in [6.45, 7) is 10.1. The fraction of sp³-hybridized carbons (Fsp3) is 0.606. The Hall–Kier alpha value is -3.03. The number of rotatable bonds is 1. The molecule has 10 atom stereocenters. The van der Waals surface area contributed by atoms with E-state index in [9.17, 15) is 15.2 Å². The van der Waals surface area contributed by atoms with Crippen LogP contribution in [0.4, 0.5) is 0 Å². The number of ether oxygens (including phenoxy) is 4. The van der Waals surface area contributed by atoms with Gasteiger partial charge in [-0.15, -0.1) is 0 Å². The third-order valence-corrected chi connectivity index (χ3v) is 8.89. The van der Waals surface area contributed by atoms with E-state index in [0.717, 1.165) is 24.0 Å². The van der Waals surface area contributed by atoms with Crippen LogP contribution in [0.1, 0.15) is 83.4 Å². The van der Waals surface area contributed by atoms with Crippen molar-refractivity contribution < 1.29 is 33.3 Å². The van der Waals surface area contributed by atoms with Gasteiger partial charge < -0.3 is 28.5 Å². The molecule has 3 saturated heterocycles. The zero-order valence-electron chi connectivity index (χ0n) is 24.7. The Morgan fingerprint density at radius 3 is 2.64 bits per heavy atom. The van der Waals surface area contributed by atoms with E-state index >= 15 is 0 Å². The number of carbonyl (C=O) groups is 1. The van der Waals surface area contributed by atoms with Crippen molar-refractivity contribution in [3.05, 3.63) is 59.9 Å². The number of esters is 1. The number of aliphatic hydroxyl groups is 1. The second kappa shape index (κ2) is 13.5. The number of hydrogen-bond acceptors (Lipinski definition) is 9. The molecule has 226 valence electrons. The largest absolute Gasteiger partial charge is 0.458 e. The summed E-state index contributed by atoms with van der Waals surface area (Å²) in [5.41, 5.74) is 2.55. The monoisotopic (exact) mass is 578 g/mol. The SMILES string of the molecule is C=C1C[C@@H]2C[C@@H]3C[C@@H](O)C[C@@H](O3)c3coc(n3)/C=C/C[C@H]3O[C@@H](/C(C)=C/C#N)[C@H](C)[C@@H](OC(=O)C=CC[C@@H](C1)O2)[C@H]3C. The number of fused-ring (bicyclic) bond motifs is 9. The Morgan fingerprint density at radius 1 is 1.05 bits per heavy atom. The van der Waals surface area contributed by atoms with Crippen molar-refractivity contribution in [1.29, 1.82) is 5.26 Å². The van der Waals surface area contributed by atoms with Crippen LogP contribution in [0.15, 0.2) is 52.7 Å². The maximum absolute atomic E-state index is 13.0. The van der Waals surface area contributed by atoms with Crippen LogP contribution in [0.25, 0.3) is 6.08 Å². The third kappa shape index (κ3) is 7.30. The average molecular weight is 579 g/mol. The number of hydrogen-bond donors (Lipinski definition) is 1. The Morgan fingerprint density at radius 2 is 1.83 bits per heavy atom. The molecule has 0 saturated carbocycles. The number of nitriles is 1. The van der Waals surface area contributed by atoms with Gasteiger partial charge in [-0.2, -0.15) is 5.26 Å². The van der Waals surface area contributed by atoms with Gasteiger partial charge in [-0.05, 0) is 50.7 Å². The molecule has 8 bridgehead atoms. The van der Waals surface area contributed by atoms with E-state index in [2.05, 4.69) is 17.6 Å². The van der Waals surface area contributed by atoms with Crippen LogP contribution in [-0.2, 0) is 23.7 Å². The maximum atomic E-state index is 13.0. The molecule has 4 aliphatic rings. The molecule has 0 radical (unpaired) electrons. The van der Waals surface area contributed by atoms with Gasteiger partial charge in [0.05, 0.1) is 42.7 Å². The molecular weight excluding hydrogens is 536 g/mol. The van der Waals surface area contributed by atoms with Crippen molar-refractivity contribution in [2.24, 2.45) is 11.8 Å². The number of aromatic nitrogens is 1. The lowest BCUT2D eigenvalue weighted by molar-refractivity contribution is -0.180. The van der Waals surface area contributed by atoms with Crippen LogP contribution < -0.4 is 0 Å². The summed E-state index contributed by atoms with van der Waals surface area (Å²) in [6.07, 6.45) is 12.1. The van der Waals surface area contributed by atoms with E-state index in [-0.39, 0.29) is 48.5 Å². The lowest BCUT2D eigenvalue weighted by Crippen LogP contribution is -2.50. The number of aliphatic hydroxyl groups excluding tert-OH is 1. The lowest BCUT2D eigenvalue weighted by Gasteiger charge is -2.44. The van der Waals surface area contributed by atoms with Gasteiger partial charge in [0.25, 0.3) is 0 Å². The molecule has 9 nitrogen and oxygen atoms in total. The molecule has 1 aromatic rings. The fourth-order valence-electron chi connectivity index (χ4n) is 6.81. The quantitative estimate of drug-likeness (QED) is 0.260. The van der Waals surface area contributed by atoms with Crippen LogP contribution >= 0.6 is 0 Å². The molecular formula is C33H42N2O7. The molecule has 0 aliphatic carbocycles. The first-order chi connectivity index (χ1) is 20.2. The van der Waals surface area contributed by atoms with E-state index in [0.29, 0.717) is 43.7 Å². The second-order valence-corrected chi connectivity index (χ2v) is 12.3. The van der Waals surface area contributed by atoms with E-state index in [1.807, 2.05) is 32.9 Å². The molecule has 1 aromatic heterocycles. The maximum Gasteiger partial charge on any atom is 0.330 e. The smallest absolute Gasteiger partial charge is 0.330 e. The van der Waals surface area contributed by atoms with Crippen molar-refractivity contribution in [2.45, 2.75) is 115 Å². The van der Waals surface area contributed by atoms with Gasteiger partial charge in [0.15, 0.2) is 0 Å². The standard InChI is InChI=1S/C33H42N2O7/c1-19-13-24-7-5-10-31(37)42-33-21(3)28(41-32(22(33)4)20(2)11-12-34)8-6-9-30-35-27(18-38-30)29-16-23(36)15-26(40-29)17-25(14-19)39-24/h5-6,9-11,18,21-26,28-29,32-33,36H,1,7-8,13-17H2,2-4H3/b9-6+,10-5?,20-11+/t21-,22-,23+,24-,25+,26-,28+,29+,32-,33-/m0/s1. The average Bonchev–Trinajstić information content (AvgIpc) is 3.40. The topological polar surface area (TPSA) is 124 Å². The first-order valence-electron chi connectivity index (χ1n) is 15.1. The molecule has 0 aromatic carbocycles. The molecule has 42 heavy (non-hydrogen) atoms. The minimum atomic E-state index is -0.505. The van der Waals surface area contributed by atoms with Gasteiger partial charge >= 0.3 is 5.97 Å². The van der Waals surface area contributed by atoms with Crippen LogP contribution in [0.5, 0.6) is 0 Å². The molecule has 9 heteroatoms. The zero-order chi connectivity index (χ0) is 29.8. The van der Waals surface area contributed by atoms with Crippen molar-refractivity contribution in [2.75, 3.05) is 0 Å². The van der Waals surface area contributed by atoms with E-state index in [4.69, 9.17) is 23.4 Å².